The highest BCUT2D eigenvalue weighted by Crippen LogP contribution is 2.17. The number of ether oxygens (including phenoxy) is 1. The summed E-state index contributed by atoms with van der Waals surface area (Å²) in [4.78, 5) is 0. The van der Waals surface area contributed by atoms with E-state index < -0.39 is 0 Å². The fourth-order valence-electron chi connectivity index (χ4n) is 1.11. The summed E-state index contributed by atoms with van der Waals surface area (Å²) in [6.45, 7) is 1.93. The molecule has 0 bridgehead atoms. The van der Waals surface area contributed by atoms with Gasteiger partial charge >= 0.3 is 0 Å². The molecule has 0 saturated carbocycles. The van der Waals surface area contributed by atoms with Crippen molar-refractivity contribution in [2.45, 2.75) is 32.0 Å². The second-order valence-electron chi connectivity index (χ2n) is 2.40. The Labute approximate surface area is 61.2 Å². The summed E-state index contributed by atoms with van der Waals surface area (Å²) in [7, 11) is 0. The smallest absolute Gasteiger partial charge is 0.118 e. The molecule has 0 radical (unpaired) electrons. The molecule has 1 fully saturated rings. The molecule has 2 atom stereocenters. The van der Waals surface area contributed by atoms with Crippen molar-refractivity contribution in [1.29, 1.82) is 0 Å². The summed E-state index contributed by atoms with van der Waals surface area (Å²) in [6, 6.07) is 0. The van der Waals surface area contributed by atoms with Gasteiger partial charge in [0.1, 0.15) is 6.10 Å². The van der Waals surface area contributed by atoms with E-state index >= 15 is 0 Å². The molecule has 10 heavy (non-hydrogen) atoms. The number of aliphatic hydroxyl groups excluding tert-OH is 1. The van der Waals surface area contributed by atoms with E-state index in [1.54, 1.807) is 6.92 Å². The van der Waals surface area contributed by atoms with Crippen LogP contribution in [0.2, 0.25) is 0 Å². The first kappa shape index (κ1) is 7.59. The molecule has 0 spiro atoms. The van der Waals surface area contributed by atoms with Crippen LogP contribution in [0, 0.1) is 11.8 Å². The van der Waals surface area contributed by atoms with Crippen molar-refractivity contribution in [3.05, 3.63) is 0 Å². The van der Waals surface area contributed by atoms with Crippen molar-refractivity contribution in [3.63, 3.8) is 0 Å². The second-order valence-corrected chi connectivity index (χ2v) is 2.40. The zero-order valence-corrected chi connectivity index (χ0v) is 6.13. The van der Waals surface area contributed by atoms with E-state index in [2.05, 4.69) is 11.8 Å². The Morgan fingerprint density at radius 2 is 2.40 bits per heavy atom. The van der Waals surface area contributed by atoms with Gasteiger partial charge in [-0.3, -0.25) is 0 Å². The highest BCUT2D eigenvalue weighted by Gasteiger charge is 2.22. The van der Waals surface area contributed by atoms with E-state index in [1.165, 1.54) is 0 Å². The Morgan fingerprint density at radius 3 is 2.90 bits per heavy atom. The van der Waals surface area contributed by atoms with Gasteiger partial charge in [0.2, 0.25) is 0 Å². The number of hydrogen-bond donors (Lipinski definition) is 1. The summed E-state index contributed by atoms with van der Waals surface area (Å²) in [5.74, 6) is 5.72. The highest BCUT2D eigenvalue weighted by molar-refractivity contribution is 5.04. The molecule has 56 valence electrons. The first-order valence-corrected chi connectivity index (χ1v) is 3.55. The third-order valence-electron chi connectivity index (χ3n) is 1.62. The quantitative estimate of drug-likeness (QED) is 0.539. The van der Waals surface area contributed by atoms with Crippen LogP contribution in [-0.4, -0.2) is 23.9 Å². The predicted molar refractivity (Wildman–Crippen MR) is 38.4 cm³/mol. The second kappa shape index (κ2) is 3.60. The standard InChI is InChI=1S/C8H12O2/c1-2-3-7-4-5-8(6-9)10-7/h7-9H,4-6H2,1H3/t7-,8?/m1/s1. The molecule has 1 N–H and O–H groups in total. The van der Waals surface area contributed by atoms with Gasteiger partial charge in [-0.1, -0.05) is 5.92 Å². The van der Waals surface area contributed by atoms with Crippen LogP contribution in [0.5, 0.6) is 0 Å². The van der Waals surface area contributed by atoms with E-state index in [9.17, 15) is 0 Å². The molecule has 0 aromatic rings. The lowest BCUT2D eigenvalue weighted by molar-refractivity contribution is 0.0346. The minimum absolute atomic E-state index is 0.0332. The summed E-state index contributed by atoms with van der Waals surface area (Å²) in [6.07, 6.45) is 2.01. The Hall–Kier alpha value is -0.520. The van der Waals surface area contributed by atoms with Gasteiger partial charge < -0.3 is 9.84 Å². The molecule has 2 heteroatoms. The maximum atomic E-state index is 8.68. The number of rotatable bonds is 1. The van der Waals surface area contributed by atoms with Crippen LogP contribution < -0.4 is 0 Å². The monoisotopic (exact) mass is 140 g/mol. The van der Waals surface area contributed by atoms with Gasteiger partial charge in [-0.15, -0.1) is 5.92 Å². The van der Waals surface area contributed by atoms with E-state index in [1.807, 2.05) is 0 Å². The Morgan fingerprint density at radius 1 is 1.60 bits per heavy atom. The van der Waals surface area contributed by atoms with Crippen molar-refractivity contribution in [2.24, 2.45) is 0 Å². The molecule has 0 aromatic carbocycles. The molecule has 1 saturated heterocycles. The SMILES string of the molecule is CC#C[C@@H]1CCC(CO)O1. The fourth-order valence-corrected chi connectivity index (χ4v) is 1.11. The van der Waals surface area contributed by atoms with Gasteiger partial charge in [0.05, 0.1) is 12.7 Å². The first-order valence-electron chi connectivity index (χ1n) is 3.55. The van der Waals surface area contributed by atoms with Crippen LogP contribution in [0.4, 0.5) is 0 Å². The van der Waals surface area contributed by atoms with Crippen LogP contribution in [-0.2, 0) is 4.74 Å². The molecule has 1 heterocycles. The lowest BCUT2D eigenvalue weighted by atomic mass is 10.2. The van der Waals surface area contributed by atoms with Crippen LogP contribution in [0.3, 0.4) is 0 Å². The van der Waals surface area contributed by atoms with Crippen molar-refractivity contribution < 1.29 is 9.84 Å². The Balaban J connectivity index is 2.33. The van der Waals surface area contributed by atoms with E-state index in [-0.39, 0.29) is 18.8 Å². The average Bonchev–Trinajstić information content (AvgIpc) is 2.37. The normalized spacial score (nSPS) is 31.4. The Bertz CT molecular complexity index is 154. The molecule has 0 aromatic heterocycles. The zero-order valence-electron chi connectivity index (χ0n) is 6.13. The van der Waals surface area contributed by atoms with E-state index in [0.717, 1.165) is 12.8 Å². The Kier molecular flexibility index (Phi) is 2.73. The van der Waals surface area contributed by atoms with E-state index in [4.69, 9.17) is 9.84 Å². The van der Waals surface area contributed by atoms with Gasteiger partial charge in [-0.25, -0.2) is 0 Å². The molecule has 1 aliphatic heterocycles. The molecule has 1 unspecified atom stereocenters. The van der Waals surface area contributed by atoms with E-state index in [0.29, 0.717) is 0 Å². The summed E-state index contributed by atoms with van der Waals surface area (Å²) in [5.41, 5.74) is 0. The van der Waals surface area contributed by atoms with Crippen molar-refractivity contribution >= 4 is 0 Å². The van der Waals surface area contributed by atoms with Crippen LogP contribution in [0.25, 0.3) is 0 Å². The van der Waals surface area contributed by atoms with Gasteiger partial charge in [-0.2, -0.15) is 0 Å². The molecule has 1 rings (SSSR count). The van der Waals surface area contributed by atoms with Gasteiger partial charge in [0, 0.05) is 0 Å². The lowest BCUT2D eigenvalue weighted by Gasteiger charge is -2.04. The van der Waals surface area contributed by atoms with Crippen molar-refractivity contribution in [1.82, 2.24) is 0 Å². The third-order valence-corrected chi connectivity index (χ3v) is 1.62. The summed E-state index contributed by atoms with van der Waals surface area (Å²) >= 11 is 0. The van der Waals surface area contributed by atoms with Crippen LogP contribution in [0.1, 0.15) is 19.8 Å². The predicted octanol–water partition coefficient (Wildman–Crippen LogP) is 0.550. The van der Waals surface area contributed by atoms with Crippen molar-refractivity contribution in [3.8, 4) is 11.8 Å². The lowest BCUT2D eigenvalue weighted by Crippen LogP contribution is -2.12. The molecule has 2 nitrogen and oxygen atoms in total. The summed E-state index contributed by atoms with van der Waals surface area (Å²) < 4.78 is 5.33. The highest BCUT2D eigenvalue weighted by atomic mass is 16.5. The summed E-state index contributed by atoms with van der Waals surface area (Å²) in [5, 5.41) is 8.68. The minimum atomic E-state index is 0.0332. The average molecular weight is 140 g/mol. The van der Waals surface area contributed by atoms with Gasteiger partial charge in [-0.05, 0) is 19.8 Å². The third kappa shape index (κ3) is 1.73. The fraction of sp³-hybridized carbons (Fsp3) is 0.750. The van der Waals surface area contributed by atoms with Crippen LogP contribution >= 0.6 is 0 Å². The number of hydrogen-bond acceptors (Lipinski definition) is 2. The van der Waals surface area contributed by atoms with Gasteiger partial charge in [0.25, 0.3) is 0 Å². The zero-order chi connectivity index (χ0) is 7.40. The maximum absolute atomic E-state index is 8.68. The molecular formula is C8H12O2. The largest absolute Gasteiger partial charge is 0.394 e. The van der Waals surface area contributed by atoms with Crippen LogP contribution in [0.15, 0.2) is 0 Å². The van der Waals surface area contributed by atoms with Gasteiger partial charge in [0.15, 0.2) is 0 Å². The maximum Gasteiger partial charge on any atom is 0.118 e. The molecule has 0 amide bonds. The first-order chi connectivity index (χ1) is 4.86. The molecule has 0 aliphatic carbocycles. The minimum Gasteiger partial charge on any atom is -0.394 e. The topological polar surface area (TPSA) is 29.5 Å². The van der Waals surface area contributed by atoms with Crippen molar-refractivity contribution in [2.75, 3.05) is 6.61 Å². The number of aliphatic hydroxyl groups is 1. The molecule has 1 aliphatic rings. The molecular weight excluding hydrogens is 128 g/mol.